The molecule has 0 N–H and O–H groups in total. The van der Waals surface area contributed by atoms with Gasteiger partial charge < -0.3 is 4.90 Å². The summed E-state index contributed by atoms with van der Waals surface area (Å²) in [5.74, 6) is 0.176. The predicted octanol–water partition coefficient (Wildman–Crippen LogP) is 0.00910. The summed E-state index contributed by atoms with van der Waals surface area (Å²) in [6, 6.07) is 0. The van der Waals surface area contributed by atoms with Gasteiger partial charge >= 0.3 is 0 Å². The summed E-state index contributed by atoms with van der Waals surface area (Å²) in [5.41, 5.74) is 0. The van der Waals surface area contributed by atoms with E-state index >= 15 is 0 Å². The van der Waals surface area contributed by atoms with Gasteiger partial charge in [-0.15, -0.1) is 6.58 Å². The molecule has 1 saturated heterocycles. The van der Waals surface area contributed by atoms with Gasteiger partial charge in [0.15, 0.2) is 0 Å². The zero-order valence-corrected chi connectivity index (χ0v) is 6.62. The van der Waals surface area contributed by atoms with Gasteiger partial charge in [-0.25, -0.2) is 5.32 Å². The number of piperazine rings is 1. The maximum Gasteiger partial charge on any atom is 0.226 e. The summed E-state index contributed by atoms with van der Waals surface area (Å²) in [7, 11) is 0. The molecule has 0 saturated carbocycles. The average Bonchev–Trinajstić information content (AvgIpc) is 2.07. The predicted molar refractivity (Wildman–Crippen MR) is 43.3 cm³/mol. The van der Waals surface area contributed by atoms with E-state index in [4.69, 9.17) is 0 Å². The third-order valence-electron chi connectivity index (χ3n) is 1.73. The maximum absolute atomic E-state index is 11.2. The smallest absolute Gasteiger partial charge is 0.226 e. The van der Waals surface area contributed by atoms with Crippen molar-refractivity contribution in [1.29, 1.82) is 0 Å². The molecule has 1 fully saturated rings. The largest absolute Gasteiger partial charge is 0.340 e. The van der Waals surface area contributed by atoms with Gasteiger partial charge in [0.2, 0.25) is 5.91 Å². The van der Waals surface area contributed by atoms with E-state index in [0.717, 1.165) is 26.2 Å². The SMILES string of the molecule is C=CCC(=O)N1CC[N]CC1. The van der Waals surface area contributed by atoms with Crippen LogP contribution in [0.5, 0.6) is 0 Å². The molecule has 0 aromatic rings. The van der Waals surface area contributed by atoms with E-state index < -0.39 is 0 Å². The van der Waals surface area contributed by atoms with Crippen LogP contribution >= 0.6 is 0 Å². The summed E-state index contributed by atoms with van der Waals surface area (Å²) < 4.78 is 0. The van der Waals surface area contributed by atoms with Crippen LogP contribution in [0.25, 0.3) is 0 Å². The summed E-state index contributed by atoms with van der Waals surface area (Å²) in [6.45, 7) is 6.68. The van der Waals surface area contributed by atoms with E-state index in [1.807, 2.05) is 4.90 Å². The van der Waals surface area contributed by atoms with Gasteiger partial charge in [0.05, 0.1) is 0 Å². The maximum atomic E-state index is 11.2. The number of amides is 1. The quantitative estimate of drug-likeness (QED) is 0.514. The molecule has 0 spiro atoms. The molecule has 1 radical (unpaired) electrons. The Hall–Kier alpha value is -0.830. The standard InChI is InChI=1S/C8H13N2O/c1-2-3-8(11)10-6-4-9-5-7-10/h2H,1,3-7H2. The molecule has 0 aliphatic carbocycles. The highest BCUT2D eigenvalue weighted by Crippen LogP contribution is 1.97. The second kappa shape index (κ2) is 4.13. The zero-order valence-electron chi connectivity index (χ0n) is 6.62. The first kappa shape index (κ1) is 8.27. The number of rotatable bonds is 2. The van der Waals surface area contributed by atoms with Crippen LogP contribution in [0.15, 0.2) is 12.7 Å². The molecule has 1 rings (SSSR count). The second-order valence-corrected chi connectivity index (χ2v) is 2.54. The van der Waals surface area contributed by atoms with Gasteiger partial charge in [0, 0.05) is 32.6 Å². The van der Waals surface area contributed by atoms with E-state index in [-0.39, 0.29) is 5.91 Å². The summed E-state index contributed by atoms with van der Waals surface area (Å²) >= 11 is 0. The van der Waals surface area contributed by atoms with Crippen molar-refractivity contribution in [3.05, 3.63) is 12.7 Å². The molecule has 1 aliphatic rings. The third-order valence-corrected chi connectivity index (χ3v) is 1.73. The van der Waals surface area contributed by atoms with Crippen molar-refractivity contribution < 1.29 is 4.79 Å². The third kappa shape index (κ3) is 2.35. The fourth-order valence-electron chi connectivity index (χ4n) is 1.11. The Bertz CT molecular complexity index is 150. The van der Waals surface area contributed by atoms with Gasteiger partial charge in [-0.1, -0.05) is 6.08 Å². The minimum atomic E-state index is 0.176. The highest BCUT2D eigenvalue weighted by molar-refractivity contribution is 5.77. The van der Waals surface area contributed by atoms with Crippen LogP contribution in [-0.2, 0) is 4.79 Å². The second-order valence-electron chi connectivity index (χ2n) is 2.54. The first-order valence-corrected chi connectivity index (χ1v) is 3.86. The van der Waals surface area contributed by atoms with Crippen molar-refractivity contribution in [1.82, 2.24) is 10.2 Å². The molecule has 0 bridgehead atoms. The number of hydrogen-bond donors (Lipinski definition) is 0. The monoisotopic (exact) mass is 153 g/mol. The van der Waals surface area contributed by atoms with Crippen LogP contribution in [0.3, 0.4) is 0 Å². The fraction of sp³-hybridized carbons (Fsp3) is 0.625. The Morgan fingerprint density at radius 1 is 1.55 bits per heavy atom. The molecule has 11 heavy (non-hydrogen) atoms. The van der Waals surface area contributed by atoms with E-state index in [1.54, 1.807) is 6.08 Å². The Morgan fingerprint density at radius 3 is 2.73 bits per heavy atom. The van der Waals surface area contributed by atoms with Crippen molar-refractivity contribution >= 4 is 5.91 Å². The van der Waals surface area contributed by atoms with Crippen LogP contribution in [0.4, 0.5) is 0 Å². The first-order valence-electron chi connectivity index (χ1n) is 3.86. The summed E-state index contributed by atoms with van der Waals surface area (Å²) in [4.78, 5) is 13.1. The van der Waals surface area contributed by atoms with Crippen molar-refractivity contribution in [2.45, 2.75) is 6.42 Å². The molecule has 1 aliphatic heterocycles. The molecule has 61 valence electrons. The zero-order chi connectivity index (χ0) is 8.10. The molecule has 0 aromatic carbocycles. The van der Waals surface area contributed by atoms with Crippen LogP contribution in [0.1, 0.15) is 6.42 Å². The Balaban J connectivity index is 2.32. The molecule has 3 nitrogen and oxygen atoms in total. The lowest BCUT2D eigenvalue weighted by atomic mass is 10.3. The van der Waals surface area contributed by atoms with Crippen molar-refractivity contribution in [3.63, 3.8) is 0 Å². The minimum absolute atomic E-state index is 0.176. The van der Waals surface area contributed by atoms with E-state index in [9.17, 15) is 4.79 Å². The van der Waals surface area contributed by atoms with Gasteiger partial charge in [0.25, 0.3) is 0 Å². The average molecular weight is 153 g/mol. The molecule has 0 aromatic heterocycles. The molecule has 0 atom stereocenters. The van der Waals surface area contributed by atoms with Crippen LogP contribution in [-0.4, -0.2) is 37.0 Å². The Morgan fingerprint density at radius 2 is 2.18 bits per heavy atom. The molecule has 1 heterocycles. The Kier molecular flexibility index (Phi) is 3.11. The fourth-order valence-corrected chi connectivity index (χ4v) is 1.11. The lowest BCUT2D eigenvalue weighted by molar-refractivity contribution is -0.130. The number of nitrogens with zero attached hydrogens (tertiary/aromatic N) is 2. The topological polar surface area (TPSA) is 34.4 Å². The Labute approximate surface area is 67.1 Å². The lowest BCUT2D eigenvalue weighted by Gasteiger charge is -2.25. The number of hydrogen-bond acceptors (Lipinski definition) is 1. The number of carbonyl (C=O) groups excluding carboxylic acids is 1. The first-order chi connectivity index (χ1) is 5.34. The minimum Gasteiger partial charge on any atom is -0.340 e. The highest BCUT2D eigenvalue weighted by Gasteiger charge is 2.14. The highest BCUT2D eigenvalue weighted by atomic mass is 16.2. The lowest BCUT2D eigenvalue weighted by Crippen LogP contribution is -2.43. The van der Waals surface area contributed by atoms with Gasteiger partial charge in [-0.3, -0.25) is 4.79 Å². The molecular weight excluding hydrogens is 140 g/mol. The van der Waals surface area contributed by atoms with E-state index in [0.29, 0.717) is 6.42 Å². The van der Waals surface area contributed by atoms with E-state index in [1.165, 1.54) is 0 Å². The van der Waals surface area contributed by atoms with Crippen LogP contribution in [0.2, 0.25) is 0 Å². The van der Waals surface area contributed by atoms with Crippen molar-refractivity contribution in [2.75, 3.05) is 26.2 Å². The van der Waals surface area contributed by atoms with Gasteiger partial charge in [0.1, 0.15) is 0 Å². The van der Waals surface area contributed by atoms with Crippen LogP contribution in [0, 0.1) is 0 Å². The molecular formula is C8H13N2O. The molecule has 3 heteroatoms. The molecule has 0 unspecified atom stereocenters. The van der Waals surface area contributed by atoms with Gasteiger partial charge in [-0.05, 0) is 0 Å². The molecule has 1 amide bonds. The van der Waals surface area contributed by atoms with E-state index in [2.05, 4.69) is 11.9 Å². The van der Waals surface area contributed by atoms with Crippen molar-refractivity contribution in [2.24, 2.45) is 0 Å². The van der Waals surface area contributed by atoms with Crippen LogP contribution < -0.4 is 5.32 Å². The summed E-state index contributed by atoms with van der Waals surface area (Å²) in [5, 5.41) is 4.15. The summed E-state index contributed by atoms with van der Waals surface area (Å²) in [6.07, 6.45) is 2.11. The van der Waals surface area contributed by atoms with Gasteiger partial charge in [-0.2, -0.15) is 0 Å². The van der Waals surface area contributed by atoms with Crippen molar-refractivity contribution in [3.8, 4) is 0 Å². The number of carbonyl (C=O) groups is 1. The normalized spacial score (nSPS) is 18.0.